The zero-order valence-corrected chi connectivity index (χ0v) is 19.7. The van der Waals surface area contributed by atoms with E-state index in [1.807, 2.05) is 37.3 Å². The van der Waals surface area contributed by atoms with Crippen LogP contribution < -0.4 is 15.5 Å². The van der Waals surface area contributed by atoms with Crippen molar-refractivity contribution >= 4 is 47.3 Å². The quantitative estimate of drug-likeness (QED) is 0.316. The lowest BCUT2D eigenvalue weighted by atomic mass is 10.2. The molecule has 1 aliphatic heterocycles. The average Bonchev–Trinajstić information content (AvgIpc) is 2.72. The third kappa shape index (κ3) is 6.48. The third-order valence-corrected chi connectivity index (χ3v) is 4.80. The van der Waals surface area contributed by atoms with Gasteiger partial charge in [0.25, 0.3) is 0 Å². The number of amides is 1. The van der Waals surface area contributed by atoms with Gasteiger partial charge in [-0.25, -0.2) is 4.98 Å². The minimum absolute atomic E-state index is 0. The number of phenols is 1. The minimum atomic E-state index is -0.0876. The van der Waals surface area contributed by atoms with E-state index in [2.05, 4.69) is 30.4 Å². The van der Waals surface area contributed by atoms with E-state index < -0.39 is 0 Å². The molecule has 30 heavy (non-hydrogen) atoms. The van der Waals surface area contributed by atoms with Crippen LogP contribution in [0.1, 0.15) is 12.1 Å². The molecular formula is C21H29IN6O2. The van der Waals surface area contributed by atoms with Crippen molar-refractivity contribution in [1.82, 2.24) is 15.2 Å². The average molecular weight is 524 g/mol. The molecule has 1 aromatic carbocycles. The Bertz CT molecular complexity index is 868. The minimum Gasteiger partial charge on any atom is -0.506 e. The molecule has 1 aromatic heterocycles. The van der Waals surface area contributed by atoms with Gasteiger partial charge in [0, 0.05) is 51.9 Å². The molecule has 3 N–H and O–H groups in total. The molecule has 9 heteroatoms. The van der Waals surface area contributed by atoms with E-state index in [0.717, 1.165) is 43.5 Å². The Kier molecular flexibility index (Phi) is 9.15. The topological polar surface area (TPSA) is 93.1 Å². The summed E-state index contributed by atoms with van der Waals surface area (Å²) in [5, 5.41) is 16.1. The largest absolute Gasteiger partial charge is 0.506 e. The van der Waals surface area contributed by atoms with Crippen LogP contribution in [0.5, 0.6) is 5.75 Å². The van der Waals surface area contributed by atoms with Crippen molar-refractivity contribution in [1.29, 1.82) is 0 Å². The number of carbonyl (C=O) groups is 1. The van der Waals surface area contributed by atoms with Gasteiger partial charge in [-0.2, -0.15) is 0 Å². The standard InChI is InChI=1S/C21H28N6O2.HI/c1-16-6-5-9-19(24-16)25-20(29)10-11-23-21(22-2)27-14-12-26(13-15-27)17-7-3-4-8-18(17)28;/h3-9,28H,10-15H2,1-2H3,(H,22,23)(H,24,25,29);1H. The van der Waals surface area contributed by atoms with Gasteiger partial charge in [0.15, 0.2) is 5.96 Å². The molecule has 1 fully saturated rings. The normalized spacial score (nSPS) is 14.1. The van der Waals surface area contributed by atoms with Gasteiger partial charge >= 0.3 is 0 Å². The molecule has 8 nitrogen and oxygen atoms in total. The first kappa shape index (κ1) is 23.7. The Hall–Kier alpha value is -2.56. The number of nitrogens with zero attached hydrogens (tertiary/aromatic N) is 4. The Balaban J connectivity index is 0.00000320. The number of carbonyl (C=O) groups excluding carboxylic acids is 1. The molecule has 1 amide bonds. The highest BCUT2D eigenvalue weighted by Gasteiger charge is 2.21. The molecule has 2 aromatic rings. The van der Waals surface area contributed by atoms with Crippen LogP contribution in [0.2, 0.25) is 0 Å². The Morgan fingerprint density at radius 3 is 2.53 bits per heavy atom. The number of aromatic nitrogens is 1. The van der Waals surface area contributed by atoms with Crippen molar-refractivity contribution in [3.8, 4) is 5.75 Å². The summed E-state index contributed by atoms with van der Waals surface area (Å²) in [7, 11) is 1.74. The van der Waals surface area contributed by atoms with Crippen LogP contribution in [0.25, 0.3) is 0 Å². The zero-order valence-electron chi connectivity index (χ0n) is 17.3. The number of aromatic hydroxyl groups is 1. The summed E-state index contributed by atoms with van der Waals surface area (Å²) in [5.74, 6) is 1.57. The maximum Gasteiger partial charge on any atom is 0.227 e. The Labute approximate surface area is 194 Å². The molecule has 1 saturated heterocycles. The maximum absolute atomic E-state index is 12.1. The van der Waals surface area contributed by atoms with Crippen molar-refractivity contribution in [2.45, 2.75) is 13.3 Å². The van der Waals surface area contributed by atoms with E-state index in [0.29, 0.717) is 24.5 Å². The van der Waals surface area contributed by atoms with Gasteiger partial charge in [0.2, 0.25) is 5.91 Å². The number of pyridine rings is 1. The van der Waals surface area contributed by atoms with Crippen LogP contribution in [0.4, 0.5) is 11.5 Å². The van der Waals surface area contributed by atoms with Crippen LogP contribution in [-0.2, 0) is 4.79 Å². The van der Waals surface area contributed by atoms with E-state index >= 15 is 0 Å². The van der Waals surface area contributed by atoms with E-state index in [4.69, 9.17) is 0 Å². The van der Waals surface area contributed by atoms with Crippen LogP contribution >= 0.6 is 24.0 Å². The second-order valence-electron chi connectivity index (χ2n) is 6.90. The molecule has 0 spiro atoms. The summed E-state index contributed by atoms with van der Waals surface area (Å²) in [5.41, 5.74) is 1.72. The lowest BCUT2D eigenvalue weighted by Gasteiger charge is -2.37. The summed E-state index contributed by atoms with van der Waals surface area (Å²) in [4.78, 5) is 25.1. The van der Waals surface area contributed by atoms with Crippen molar-refractivity contribution in [3.05, 3.63) is 48.2 Å². The zero-order chi connectivity index (χ0) is 20.6. The number of aryl methyl sites for hydroxylation is 1. The number of halogens is 1. The summed E-state index contributed by atoms with van der Waals surface area (Å²) in [6.45, 7) is 5.53. The van der Waals surface area contributed by atoms with Crippen LogP contribution in [0.3, 0.4) is 0 Å². The van der Waals surface area contributed by atoms with Crippen molar-refractivity contribution in [2.75, 3.05) is 50.0 Å². The number of para-hydroxylation sites is 2. The van der Waals surface area contributed by atoms with Crippen LogP contribution in [-0.4, -0.2) is 66.6 Å². The highest BCUT2D eigenvalue weighted by Crippen LogP contribution is 2.27. The summed E-state index contributed by atoms with van der Waals surface area (Å²) < 4.78 is 0. The number of aliphatic imine (C=N–C) groups is 1. The number of phenolic OH excluding ortho intramolecular Hbond substituents is 1. The highest BCUT2D eigenvalue weighted by atomic mass is 127. The number of hydrogen-bond acceptors (Lipinski definition) is 5. The molecule has 0 unspecified atom stereocenters. The monoisotopic (exact) mass is 524 g/mol. The predicted molar refractivity (Wildman–Crippen MR) is 131 cm³/mol. The molecular weight excluding hydrogens is 495 g/mol. The van der Waals surface area contributed by atoms with E-state index in [-0.39, 0.29) is 29.9 Å². The predicted octanol–water partition coefficient (Wildman–Crippen LogP) is 2.44. The maximum atomic E-state index is 12.1. The van der Waals surface area contributed by atoms with Crippen molar-refractivity contribution in [3.63, 3.8) is 0 Å². The van der Waals surface area contributed by atoms with Crippen LogP contribution in [0.15, 0.2) is 47.5 Å². The number of guanidine groups is 1. The van der Waals surface area contributed by atoms with E-state index in [1.165, 1.54) is 0 Å². The number of benzene rings is 1. The molecule has 0 saturated carbocycles. The van der Waals surface area contributed by atoms with Gasteiger partial charge in [-0.3, -0.25) is 9.79 Å². The molecule has 162 valence electrons. The van der Waals surface area contributed by atoms with Gasteiger partial charge in [0.1, 0.15) is 11.6 Å². The molecule has 3 rings (SSSR count). The molecule has 1 aliphatic rings. The fraction of sp³-hybridized carbons (Fsp3) is 0.381. The van der Waals surface area contributed by atoms with E-state index in [1.54, 1.807) is 19.2 Å². The van der Waals surface area contributed by atoms with Crippen molar-refractivity contribution < 1.29 is 9.90 Å². The molecule has 0 bridgehead atoms. The fourth-order valence-corrected chi connectivity index (χ4v) is 3.33. The Morgan fingerprint density at radius 1 is 1.13 bits per heavy atom. The van der Waals surface area contributed by atoms with Gasteiger partial charge in [0.05, 0.1) is 5.69 Å². The summed E-state index contributed by atoms with van der Waals surface area (Å²) >= 11 is 0. The van der Waals surface area contributed by atoms with Gasteiger partial charge in [-0.05, 0) is 31.2 Å². The smallest absolute Gasteiger partial charge is 0.227 e. The van der Waals surface area contributed by atoms with Crippen molar-refractivity contribution in [2.24, 2.45) is 4.99 Å². The number of hydrogen-bond donors (Lipinski definition) is 3. The number of rotatable bonds is 5. The van der Waals surface area contributed by atoms with Gasteiger partial charge < -0.3 is 25.5 Å². The Morgan fingerprint density at radius 2 is 1.87 bits per heavy atom. The highest BCUT2D eigenvalue weighted by molar-refractivity contribution is 14.0. The second kappa shape index (κ2) is 11.6. The van der Waals surface area contributed by atoms with Gasteiger partial charge in [-0.15, -0.1) is 24.0 Å². The fourth-order valence-electron chi connectivity index (χ4n) is 3.33. The summed E-state index contributed by atoms with van der Waals surface area (Å²) in [6.07, 6.45) is 0.326. The summed E-state index contributed by atoms with van der Waals surface area (Å²) in [6, 6.07) is 12.9. The third-order valence-electron chi connectivity index (χ3n) is 4.80. The second-order valence-corrected chi connectivity index (χ2v) is 6.90. The number of nitrogens with one attached hydrogen (secondary N) is 2. The number of piperazine rings is 1. The molecule has 0 radical (unpaired) electrons. The molecule has 0 atom stereocenters. The van der Waals surface area contributed by atoms with E-state index in [9.17, 15) is 9.90 Å². The molecule has 2 heterocycles. The lowest BCUT2D eigenvalue weighted by molar-refractivity contribution is -0.116. The molecule has 0 aliphatic carbocycles. The first-order valence-electron chi connectivity index (χ1n) is 9.79. The SMILES string of the molecule is CN=C(NCCC(=O)Nc1cccc(C)n1)N1CCN(c2ccccc2O)CC1.I. The van der Waals surface area contributed by atoms with Gasteiger partial charge in [-0.1, -0.05) is 18.2 Å². The lowest BCUT2D eigenvalue weighted by Crippen LogP contribution is -2.52. The number of anilines is 2. The van der Waals surface area contributed by atoms with Crippen LogP contribution in [0, 0.1) is 6.92 Å². The first-order chi connectivity index (χ1) is 14.1. The first-order valence-corrected chi connectivity index (χ1v) is 9.79.